The van der Waals surface area contributed by atoms with Gasteiger partial charge in [-0.25, -0.2) is 4.39 Å². The molecule has 1 aliphatic carbocycles. The largest absolute Gasteiger partial charge is 0.394 e. The maximum absolute atomic E-state index is 13.5. The van der Waals surface area contributed by atoms with Gasteiger partial charge in [0.2, 0.25) is 0 Å². The molecule has 1 aromatic carbocycles. The number of fused-ring (bicyclic) bond motifs is 1. The van der Waals surface area contributed by atoms with Gasteiger partial charge in [0.05, 0.1) is 13.2 Å². The molecule has 0 saturated carbocycles. The maximum atomic E-state index is 13.5. The molecule has 16 heavy (non-hydrogen) atoms. The van der Waals surface area contributed by atoms with Gasteiger partial charge in [0.25, 0.3) is 0 Å². The lowest BCUT2D eigenvalue weighted by molar-refractivity contribution is -0.0554. The van der Waals surface area contributed by atoms with E-state index in [0.29, 0.717) is 24.9 Å². The third-order valence-corrected chi connectivity index (χ3v) is 3.19. The van der Waals surface area contributed by atoms with Crippen LogP contribution in [-0.2, 0) is 16.8 Å². The fourth-order valence-corrected chi connectivity index (χ4v) is 2.36. The first-order chi connectivity index (χ1) is 7.73. The summed E-state index contributed by atoms with van der Waals surface area (Å²) in [5.74, 6) is -0.194. The Balaban J connectivity index is 2.35. The Kier molecular flexibility index (Phi) is 3.23. The highest BCUT2D eigenvalue weighted by Crippen LogP contribution is 2.40. The highest BCUT2D eigenvalue weighted by molar-refractivity contribution is 5.38. The molecule has 0 radical (unpaired) electrons. The van der Waals surface area contributed by atoms with Gasteiger partial charge in [-0.3, -0.25) is 0 Å². The van der Waals surface area contributed by atoms with Crippen molar-refractivity contribution >= 4 is 0 Å². The summed E-state index contributed by atoms with van der Waals surface area (Å²) in [6, 6.07) is 4.99. The lowest BCUT2D eigenvalue weighted by Crippen LogP contribution is -2.36. The standard InChI is InChI=1S/C12H16FNO2/c13-11-3-1-2-10-9(11)4-5-12(10,8-14)16-7-6-15/h1-3,15H,4-8,14H2. The Bertz CT molecular complexity index is 383. The first-order valence-corrected chi connectivity index (χ1v) is 5.46. The Hall–Kier alpha value is -0.970. The molecule has 0 fully saturated rings. The maximum Gasteiger partial charge on any atom is 0.126 e. The van der Waals surface area contributed by atoms with Crippen molar-refractivity contribution in [2.75, 3.05) is 19.8 Å². The average molecular weight is 225 g/mol. The van der Waals surface area contributed by atoms with E-state index in [4.69, 9.17) is 15.6 Å². The van der Waals surface area contributed by atoms with Crippen LogP contribution in [0.25, 0.3) is 0 Å². The van der Waals surface area contributed by atoms with Crippen molar-refractivity contribution in [3.8, 4) is 0 Å². The molecular weight excluding hydrogens is 209 g/mol. The van der Waals surface area contributed by atoms with Crippen LogP contribution < -0.4 is 5.73 Å². The number of hydrogen-bond donors (Lipinski definition) is 2. The molecule has 3 N–H and O–H groups in total. The number of ether oxygens (including phenoxy) is 1. The highest BCUT2D eigenvalue weighted by Gasteiger charge is 2.39. The summed E-state index contributed by atoms with van der Waals surface area (Å²) in [6.45, 7) is 0.489. The molecule has 88 valence electrons. The first kappa shape index (κ1) is 11.5. The van der Waals surface area contributed by atoms with Gasteiger partial charge in [-0.05, 0) is 30.0 Å². The average Bonchev–Trinajstić information content (AvgIpc) is 2.68. The van der Waals surface area contributed by atoms with Crippen LogP contribution in [0.4, 0.5) is 4.39 Å². The topological polar surface area (TPSA) is 55.5 Å². The summed E-state index contributed by atoms with van der Waals surface area (Å²) >= 11 is 0. The van der Waals surface area contributed by atoms with Crippen molar-refractivity contribution in [1.82, 2.24) is 0 Å². The summed E-state index contributed by atoms with van der Waals surface area (Å²) in [5.41, 5.74) is 6.67. The predicted molar refractivity (Wildman–Crippen MR) is 58.5 cm³/mol. The molecule has 0 aliphatic heterocycles. The van der Waals surface area contributed by atoms with E-state index in [9.17, 15) is 4.39 Å². The van der Waals surface area contributed by atoms with Crippen LogP contribution in [0.15, 0.2) is 18.2 Å². The van der Waals surface area contributed by atoms with E-state index in [1.807, 2.05) is 6.07 Å². The minimum Gasteiger partial charge on any atom is -0.394 e. The van der Waals surface area contributed by atoms with Crippen LogP contribution in [0, 0.1) is 5.82 Å². The van der Waals surface area contributed by atoms with Gasteiger partial charge in [0.1, 0.15) is 11.4 Å². The molecular formula is C12H16FNO2. The second-order valence-electron chi connectivity index (χ2n) is 4.04. The van der Waals surface area contributed by atoms with Gasteiger partial charge in [-0.2, -0.15) is 0 Å². The van der Waals surface area contributed by atoms with Gasteiger partial charge in [0.15, 0.2) is 0 Å². The summed E-state index contributed by atoms with van der Waals surface area (Å²) in [4.78, 5) is 0. The van der Waals surface area contributed by atoms with Crippen LogP contribution in [0.2, 0.25) is 0 Å². The lowest BCUT2D eigenvalue weighted by Gasteiger charge is -2.29. The van der Waals surface area contributed by atoms with E-state index in [1.54, 1.807) is 6.07 Å². The molecule has 1 aromatic rings. The van der Waals surface area contributed by atoms with Gasteiger partial charge >= 0.3 is 0 Å². The Morgan fingerprint density at radius 3 is 3.00 bits per heavy atom. The van der Waals surface area contributed by atoms with Crippen molar-refractivity contribution < 1.29 is 14.2 Å². The number of aliphatic hydroxyl groups excluding tert-OH is 1. The molecule has 1 unspecified atom stereocenters. The second kappa shape index (κ2) is 4.49. The van der Waals surface area contributed by atoms with Gasteiger partial charge in [0, 0.05) is 6.54 Å². The number of benzene rings is 1. The molecule has 0 spiro atoms. The molecule has 0 saturated heterocycles. The van der Waals surface area contributed by atoms with Gasteiger partial charge < -0.3 is 15.6 Å². The van der Waals surface area contributed by atoms with Crippen molar-refractivity contribution in [3.63, 3.8) is 0 Å². The summed E-state index contributed by atoms with van der Waals surface area (Å²) in [7, 11) is 0. The zero-order valence-corrected chi connectivity index (χ0v) is 9.08. The molecule has 3 nitrogen and oxygen atoms in total. The van der Waals surface area contributed by atoms with E-state index in [2.05, 4.69) is 0 Å². The lowest BCUT2D eigenvalue weighted by atomic mass is 9.96. The third-order valence-electron chi connectivity index (χ3n) is 3.19. The summed E-state index contributed by atoms with van der Waals surface area (Å²) in [6.07, 6.45) is 1.32. The molecule has 0 heterocycles. The summed E-state index contributed by atoms with van der Waals surface area (Å²) < 4.78 is 19.2. The van der Waals surface area contributed by atoms with Crippen LogP contribution in [0.5, 0.6) is 0 Å². The molecule has 0 amide bonds. The number of rotatable bonds is 4. The monoisotopic (exact) mass is 225 g/mol. The SMILES string of the molecule is NCC1(OCCO)CCc2c(F)cccc21. The van der Waals surface area contributed by atoms with Crippen molar-refractivity contribution in [2.45, 2.75) is 18.4 Å². The zero-order chi connectivity index (χ0) is 11.6. The fourth-order valence-electron chi connectivity index (χ4n) is 2.36. The molecule has 1 atom stereocenters. The van der Waals surface area contributed by atoms with Crippen LogP contribution in [0.1, 0.15) is 17.5 Å². The van der Waals surface area contributed by atoms with Gasteiger partial charge in [-0.1, -0.05) is 12.1 Å². The summed E-state index contributed by atoms with van der Waals surface area (Å²) in [5, 5.41) is 8.80. The quantitative estimate of drug-likeness (QED) is 0.801. The molecule has 0 bridgehead atoms. The van der Waals surface area contributed by atoms with Gasteiger partial charge in [-0.15, -0.1) is 0 Å². The normalized spacial score (nSPS) is 23.4. The van der Waals surface area contributed by atoms with E-state index < -0.39 is 5.60 Å². The van der Waals surface area contributed by atoms with Crippen molar-refractivity contribution in [1.29, 1.82) is 0 Å². The van der Waals surface area contributed by atoms with Crippen LogP contribution in [-0.4, -0.2) is 24.9 Å². The molecule has 2 rings (SSSR count). The van der Waals surface area contributed by atoms with Crippen LogP contribution in [0.3, 0.4) is 0 Å². The van der Waals surface area contributed by atoms with Crippen molar-refractivity contribution in [3.05, 3.63) is 35.1 Å². The van der Waals surface area contributed by atoms with Crippen molar-refractivity contribution in [2.24, 2.45) is 5.73 Å². The molecule has 1 aliphatic rings. The molecule has 4 heteroatoms. The number of hydrogen-bond acceptors (Lipinski definition) is 3. The Labute approximate surface area is 94.0 Å². The number of halogens is 1. The smallest absolute Gasteiger partial charge is 0.126 e. The Morgan fingerprint density at radius 2 is 2.31 bits per heavy atom. The van der Waals surface area contributed by atoms with E-state index in [-0.39, 0.29) is 19.0 Å². The fraction of sp³-hybridized carbons (Fsp3) is 0.500. The Morgan fingerprint density at radius 1 is 1.50 bits per heavy atom. The van der Waals surface area contributed by atoms with Crippen LogP contribution >= 0.6 is 0 Å². The first-order valence-electron chi connectivity index (χ1n) is 5.46. The minimum absolute atomic E-state index is 0.0492. The van der Waals surface area contributed by atoms with E-state index >= 15 is 0 Å². The van der Waals surface area contributed by atoms with E-state index in [1.165, 1.54) is 6.07 Å². The second-order valence-corrected chi connectivity index (χ2v) is 4.04. The third kappa shape index (κ3) is 1.73. The highest BCUT2D eigenvalue weighted by atomic mass is 19.1. The predicted octanol–water partition coefficient (Wildman–Crippen LogP) is 0.935. The number of nitrogens with two attached hydrogens (primary N) is 1. The van der Waals surface area contributed by atoms with E-state index in [0.717, 1.165) is 5.56 Å². The minimum atomic E-state index is -0.611. The molecule has 0 aromatic heterocycles. The zero-order valence-electron chi connectivity index (χ0n) is 9.08. The number of aliphatic hydroxyl groups is 1.